The average Bonchev–Trinajstić information content (AvgIpc) is 2.76. The minimum absolute atomic E-state index is 0.0396. The fourth-order valence-electron chi connectivity index (χ4n) is 4.25. The van der Waals surface area contributed by atoms with Crippen molar-refractivity contribution in [3.05, 3.63) is 65.6 Å². The summed E-state index contributed by atoms with van der Waals surface area (Å²) >= 11 is 0. The molecule has 166 valence electrons. The van der Waals surface area contributed by atoms with E-state index >= 15 is 0 Å². The number of nitrogens with one attached hydrogen (secondary N) is 1. The van der Waals surface area contributed by atoms with Gasteiger partial charge < -0.3 is 9.64 Å². The second kappa shape index (κ2) is 8.57. The van der Waals surface area contributed by atoms with E-state index in [-0.39, 0.29) is 18.0 Å². The summed E-state index contributed by atoms with van der Waals surface area (Å²) in [6.07, 6.45) is 3.97. The Kier molecular flexibility index (Phi) is 5.82. The van der Waals surface area contributed by atoms with Crippen LogP contribution in [-0.4, -0.2) is 36.3 Å². The molecule has 0 saturated carbocycles. The molecule has 0 spiro atoms. The first-order chi connectivity index (χ1) is 15.3. The molecule has 0 fully saturated rings. The Balaban J connectivity index is 1.42. The van der Waals surface area contributed by atoms with Gasteiger partial charge in [0, 0.05) is 35.4 Å². The molecule has 1 N–H and O–H groups in total. The monoisotopic (exact) mass is 434 g/mol. The largest absolute Gasteiger partial charge is 0.481 e. The minimum Gasteiger partial charge on any atom is -0.481 e. The molecule has 2 heterocycles. The molecule has 4 rings (SSSR count). The van der Waals surface area contributed by atoms with E-state index in [1.165, 1.54) is 6.21 Å². The maximum atomic E-state index is 14.7. The number of carbonyl (C=O) groups excluding carboxylic acids is 1. The maximum absolute atomic E-state index is 14.7. The lowest BCUT2D eigenvalue weighted by molar-refractivity contribution is -0.123. The molecule has 6 nitrogen and oxygen atoms in total. The van der Waals surface area contributed by atoms with E-state index in [9.17, 15) is 9.18 Å². The van der Waals surface area contributed by atoms with Gasteiger partial charge in [0.1, 0.15) is 17.1 Å². The number of ether oxygens (including phenoxy) is 1. The van der Waals surface area contributed by atoms with E-state index in [1.807, 2.05) is 37.4 Å². The van der Waals surface area contributed by atoms with Crippen LogP contribution in [0.2, 0.25) is 0 Å². The highest BCUT2D eigenvalue weighted by Crippen LogP contribution is 2.43. The van der Waals surface area contributed by atoms with Crippen molar-refractivity contribution in [2.45, 2.75) is 38.6 Å². The second-order valence-electron chi connectivity index (χ2n) is 8.82. The highest BCUT2D eigenvalue weighted by molar-refractivity contribution is 5.86. The number of anilines is 1. The number of hydrogen-bond acceptors (Lipinski definition) is 5. The van der Waals surface area contributed by atoms with Gasteiger partial charge >= 0.3 is 0 Å². The Morgan fingerprint density at radius 2 is 2.12 bits per heavy atom. The number of rotatable bonds is 5. The van der Waals surface area contributed by atoms with E-state index in [0.29, 0.717) is 22.7 Å². The summed E-state index contributed by atoms with van der Waals surface area (Å²) in [5, 5.41) is 4.85. The maximum Gasteiger partial charge on any atom is 0.277 e. The van der Waals surface area contributed by atoms with Gasteiger partial charge in [0.2, 0.25) is 0 Å². The van der Waals surface area contributed by atoms with Crippen molar-refractivity contribution >= 4 is 28.7 Å². The molecule has 1 amide bonds. The van der Waals surface area contributed by atoms with Gasteiger partial charge in [-0.25, -0.2) is 9.82 Å². The number of carbonyl (C=O) groups is 1. The Morgan fingerprint density at radius 3 is 2.94 bits per heavy atom. The number of halogens is 1. The zero-order valence-electron chi connectivity index (χ0n) is 18.7. The molecule has 7 heteroatoms. The van der Waals surface area contributed by atoms with E-state index in [1.54, 1.807) is 18.3 Å². The van der Waals surface area contributed by atoms with Crippen molar-refractivity contribution in [3.63, 3.8) is 0 Å². The van der Waals surface area contributed by atoms with Crippen LogP contribution in [0.15, 0.2) is 53.8 Å². The van der Waals surface area contributed by atoms with Crippen molar-refractivity contribution in [1.29, 1.82) is 0 Å². The van der Waals surface area contributed by atoms with Crippen LogP contribution in [0.4, 0.5) is 10.1 Å². The zero-order valence-corrected chi connectivity index (χ0v) is 18.7. The normalized spacial score (nSPS) is 17.4. The van der Waals surface area contributed by atoms with Crippen molar-refractivity contribution < 1.29 is 13.9 Å². The van der Waals surface area contributed by atoms with Gasteiger partial charge in [-0.05, 0) is 56.0 Å². The molecule has 1 unspecified atom stereocenters. The van der Waals surface area contributed by atoms with Gasteiger partial charge in [-0.3, -0.25) is 9.78 Å². The molecule has 0 saturated heterocycles. The van der Waals surface area contributed by atoms with Crippen molar-refractivity contribution in [3.8, 4) is 5.75 Å². The fourth-order valence-corrected chi connectivity index (χ4v) is 4.25. The number of aromatic nitrogens is 1. The molecular formula is C25H27FN4O2. The summed E-state index contributed by atoms with van der Waals surface area (Å²) < 4.78 is 20.3. The first-order valence-corrected chi connectivity index (χ1v) is 10.6. The first kappa shape index (κ1) is 21.7. The molecule has 0 radical (unpaired) electrons. The average molecular weight is 435 g/mol. The molecule has 1 aliphatic rings. The van der Waals surface area contributed by atoms with E-state index in [0.717, 1.165) is 23.1 Å². The van der Waals surface area contributed by atoms with Crippen molar-refractivity contribution in [2.75, 3.05) is 18.6 Å². The third-order valence-corrected chi connectivity index (χ3v) is 6.10. The molecule has 1 aromatic heterocycles. The van der Waals surface area contributed by atoms with Gasteiger partial charge in [-0.15, -0.1) is 0 Å². The molecule has 1 atom stereocenters. The standard InChI is InChI=1S/C25H27FN4O2/c1-16-13-25(2,3)30(4)21-12-20(26)18(11-19(16)21)14-28-29-23(31)15-32-22-9-5-7-17-8-6-10-27-24(17)22/h5-12,14,16H,13,15H2,1-4H3,(H,29,31)/b28-14-. The summed E-state index contributed by atoms with van der Waals surface area (Å²) in [5.74, 6) is -0.00998. The Morgan fingerprint density at radius 1 is 1.34 bits per heavy atom. The van der Waals surface area contributed by atoms with Crippen molar-refractivity contribution in [1.82, 2.24) is 10.4 Å². The number of para-hydroxylation sites is 1. The van der Waals surface area contributed by atoms with Gasteiger partial charge in [0.05, 0.1) is 6.21 Å². The van der Waals surface area contributed by atoms with Crippen LogP contribution in [0.25, 0.3) is 10.9 Å². The number of pyridine rings is 1. The van der Waals surface area contributed by atoms with Crippen LogP contribution in [0.5, 0.6) is 5.75 Å². The number of fused-ring (bicyclic) bond motifs is 2. The molecule has 0 bridgehead atoms. The summed E-state index contributed by atoms with van der Waals surface area (Å²) in [7, 11) is 1.99. The number of nitrogens with zero attached hydrogens (tertiary/aromatic N) is 3. The Bertz CT molecular complexity index is 1190. The number of amides is 1. The molecule has 2 aromatic carbocycles. The number of hydrazone groups is 1. The molecular weight excluding hydrogens is 407 g/mol. The lowest BCUT2D eigenvalue weighted by Gasteiger charge is -2.45. The van der Waals surface area contributed by atoms with Gasteiger partial charge in [-0.2, -0.15) is 5.10 Å². The van der Waals surface area contributed by atoms with Crippen LogP contribution >= 0.6 is 0 Å². The molecule has 1 aliphatic heterocycles. The highest BCUT2D eigenvalue weighted by Gasteiger charge is 2.34. The minimum atomic E-state index is -0.442. The summed E-state index contributed by atoms with van der Waals surface area (Å²) in [4.78, 5) is 18.6. The van der Waals surface area contributed by atoms with E-state index in [4.69, 9.17) is 4.74 Å². The number of hydrogen-bond donors (Lipinski definition) is 1. The lowest BCUT2D eigenvalue weighted by Crippen LogP contribution is -2.45. The third kappa shape index (κ3) is 4.28. The fraction of sp³-hybridized carbons (Fsp3) is 0.320. The van der Waals surface area contributed by atoms with Crippen LogP contribution in [0, 0.1) is 5.82 Å². The predicted molar refractivity (Wildman–Crippen MR) is 125 cm³/mol. The zero-order chi connectivity index (χ0) is 22.9. The van der Waals surface area contributed by atoms with Crippen LogP contribution in [0.1, 0.15) is 44.2 Å². The third-order valence-electron chi connectivity index (χ3n) is 6.10. The van der Waals surface area contributed by atoms with Gasteiger partial charge in [0.15, 0.2) is 6.61 Å². The van der Waals surface area contributed by atoms with E-state index < -0.39 is 5.91 Å². The summed E-state index contributed by atoms with van der Waals surface area (Å²) in [6.45, 7) is 6.24. The van der Waals surface area contributed by atoms with Crippen LogP contribution < -0.4 is 15.1 Å². The topological polar surface area (TPSA) is 66.8 Å². The quantitative estimate of drug-likeness (QED) is 0.470. The number of benzene rings is 2. The molecule has 3 aromatic rings. The van der Waals surface area contributed by atoms with Gasteiger partial charge in [-0.1, -0.05) is 25.1 Å². The first-order valence-electron chi connectivity index (χ1n) is 10.6. The van der Waals surface area contributed by atoms with E-state index in [2.05, 4.69) is 41.2 Å². The Hall–Kier alpha value is -3.48. The smallest absolute Gasteiger partial charge is 0.277 e. The second-order valence-corrected chi connectivity index (χ2v) is 8.82. The lowest BCUT2D eigenvalue weighted by atomic mass is 9.80. The SMILES string of the molecule is CC1CC(C)(C)N(C)c2cc(F)c(/C=N\NC(=O)COc3cccc4cccnc34)cc21. The summed E-state index contributed by atoms with van der Waals surface area (Å²) in [5.41, 5.74) is 5.35. The predicted octanol–water partition coefficient (Wildman–Crippen LogP) is 4.63. The van der Waals surface area contributed by atoms with Crippen LogP contribution in [-0.2, 0) is 4.79 Å². The molecule has 32 heavy (non-hydrogen) atoms. The van der Waals surface area contributed by atoms with Crippen LogP contribution in [0.3, 0.4) is 0 Å². The van der Waals surface area contributed by atoms with Crippen molar-refractivity contribution in [2.24, 2.45) is 5.10 Å². The Labute approximate surface area is 187 Å². The molecule has 0 aliphatic carbocycles. The highest BCUT2D eigenvalue weighted by atomic mass is 19.1. The summed E-state index contributed by atoms with van der Waals surface area (Å²) in [6, 6.07) is 12.6. The van der Waals surface area contributed by atoms with Gasteiger partial charge in [0.25, 0.3) is 5.91 Å².